The standard InChI is InChI=1S/C17H16N2O2S/c1-12-19-16(11-22-12)13-3-5-15(6-4-13)21-10-14-9-18-8-7-17(14)20-2/h3-9,11H,10H2,1-2H3. The summed E-state index contributed by atoms with van der Waals surface area (Å²) in [6, 6.07) is 9.76. The van der Waals surface area contributed by atoms with Crippen LogP contribution in [0.5, 0.6) is 11.5 Å². The molecule has 0 saturated carbocycles. The van der Waals surface area contributed by atoms with Crippen molar-refractivity contribution in [1.29, 1.82) is 0 Å². The second-order valence-electron chi connectivity index (χ2n) is 4.75. The highest BCUT2D eigenvalue weighted by atomic mass is 32.1. The first-order chi connectivity index (χ1) is 10.8. The van der Waals surface area contributed by atoms with Crippen LogP contribution in [-0.2, 0) is 6.61 Å². The quantitative estimate of drug-likeness (QED) is 0.711. The first kappa shape index (κ1) is 14.5. The zero-order valence-electron chi connectivity index (χ0n) is 12.4. The van der Waals surface area contributed by atoms with Gasteiger partial charge in [-0.3, -0.25) is 4.98 Å². The molecule has 0 bridgehead atoms. The average molecular weight is 312 g/mol. The third kappa shape index (κ3) is 3.26. The lowest BCUT2D eigenvalue weighted by molar-refractivity contribution is 0.296. The van der Waals surface area contributed by atoms with Gasteiger partial charge in [-0.25, -0.2) is 4.98 Å². The van der Waals surface area contributed by atoms with Crippen molar-refractivity contribution >= 4 is 11.3 Å². The van der Waals surface area contributed by atoms with Crippen LogP contribution in [0.4, 0.5) is 0 Å². The molecule has 0 fully saturated rings. The van der Waals surface area contributed by atoms with Crippen molar-refractivity contribution in [3.05, 3.63) is 58.7 Å². The summed E-state index contributed by atoms with van der Waals surface area (Å²) in [6.45, 7) is 2.43. The molecule has 1 aromatic carbocycles. The van der Waals surface area contributed by atoms with Gasteiger partial charge in [-0.05, 0) is 37.3 Å². The summed E-state index contributed by atoms with van der Waals surface area (Å²) in [6.07, 6.45) is 3.46. The normalized spacial score (nSPS) is 10.5. The van der Waals surface area contributed by atoms with Crippen molar-refractivity contribution in [2.24, 2.45) is 0 Å². The molecule has 5 heteroatoms. The van der Waals surface area contributed by atoms with E-state index in [4.69, 9.17) is 9.47 Å². The van der Waals surface area contributed by atoms with Crippen LogP contribution >= 0.6 is 11.3 Å². The molecule has 0 unspecified atom stereocenters. The third-order valence-corrected chi connectivity index (χ3v) is 4.02. The topological polar surface area (TPSA) is 44.2 Å². The van der Waals surface area contributed by atoms with Gasteiger partial charge in [0.25, 0.3) is 0 Å². The molecule has 0 spiro atoms. The minimum Gasteiger partial charge on any atom is -0.496 e. The van der Waals surface area contributed by atoms with Gasteiger partial charge < -0.3 is 9.47 Å². The molecular formula is C17H16N2O2S. The lowest BCUT2D eigenvalue weighted by atomic mass is 10.2. The summed E-state index contributed by atoms with van der Waals surface area (Å²) in [5.74, 6) is 1.59. The Morgan fingerprint density at radius 2 is 1.95 bits per heavy atom. The van der Waals surface area contributed by atoms with Crippen molar-refractivity contribution in [3.8, 4) is 22.8 Å². The second-order valence-corrected chi connectivity index (χ2v) is 5.81. The van der Waals surface area contributed by atoms with Crippen molar-refractivity contribution in [1.82, 2.24) is 9.97 Å². The summed E-state index contributed by atoms with van der Waals surface area (Å²) in [4.78, 5) is 8.57. The maximum atomic E-state index is 5.79. The highest BCUT2D eigenvalue weighted by Gasteiger charge is 2.05. The van der Waals surface area contributed by atoms with Crippen LogP contribution < -0.4 is 9.47 Å². The lowest BCUT2D eigenvalue weighted by Gasteiger charge is -2.09. The third-order valence-electron chi connectivity index (χ3n) is 3.24. The van der Waals surface area contributed by atoms with E-state index in [2.05, 4.69) is 15.3 Å². The predicted molar refractivity (Wildman–Crippen MR) is 87.4 cm³/mol. The average Bonchev–Trinajstić information content (AvgIpc) is 3.00. The molecule has 3 rings (SSSR count). The van der Waals surface area contributed by atoms with Crippen molar-refractivity contribution in [2.45, 2.75) is 13.5 Å². The first-order valence-electron chi connectivity index (χ1n) is 6.88. The van der Waals surface area contributed by atoms with Gasteiger partial charge in [0.1, 0.15) is 18.1 Å². The van der Waals surface area contributed by atoms with E-state index in [1.165, 1.54) is 0 Å². The van der Waals surface area contributed by atoms with Crippen molar-refractivity contribution in [2.75, 3.05) is 7.11 Å². The van der Waals surface area contributed by atoms with Gasteiger partial charge in [0, 0.05) is 28.9 Å². The molecule has 22 heavy (non-hydrogen) atoms. The Morgan fingerprint density at radius 1 is 1.14 bits per heavy atom. The minimum absolute atomic E-state index is 0.423. The molecule has 112 valence electrons. The Bertz CT molecular complexity index is 753. The van der Waals surface area contributed by atoms with Gasteiger partial charge in [-0.2, -0.15) is 0 Å². The number of aryl methyl sites for hydroxylation is 1. The largest absolute Gasteiger partial charge is 0.496 e. The van der Waals surface area contributed by atoms with E-state index < -0.39 is 0 Å². The van der Waals surface area contributed by atoms with Gasteiger partial charge in [0.15, 0.2) is 0 Å². The molecule has 0 N–H and O–H groups in total. The van der Waals surface area contributed by atoms with E-state index in [9.17, 15) is 0 Å². The minimum atomic E-state index is 0.423. The number of pyridine rings is 1. The Morgan fingerprint density at radius 3 is 2.64 bits per heavy atom. The van der Waals surface area contributed by atoms with Crippen LogP contribution in [-0.4, -0.2) is 17.1 Å². The van der Waals surface area contributed by atoms with Gasteiger partial charge in [0.2, 0.25) is 0 Å². The highest BCUT2D eigenvalue weighted by molar-refractivity contribution is 7.09. The van der Waals surface area contributed by atoms with Crippen LogP contribution in [0.3, 0.4) is 0 Å². The predicted octanol–water partition coefficient (Wildman–Crippen LogP) is 4.10. The maximum absolute atomic E-state index is 5.79. The van der Waals surface area contributed by atoms with E-state index in [0.717, 1.165) is 33.3 Å². The van der Waals surface area contributed by atoms with Gasteiger partial charge in [-0.15, -0.1) is 11.3 Å². The number of thiazole rings is 1. The molecule has 0 saturated heterocycles. The first-order valence-corrected chi connectivity index (χ1v) is 7.76. The fourth-order valence-electron chi connectivity index (χ4n) is 2.10. The van der Waals surface area contributed by atoms with E-state index >= 15 is 0 Å². The van der Waals surface area contributed by atoms with Crippen molar-refractivity contribution < 1.29 is 9.47 Å². The Kier molecular flexibility index (Phi) is 4.34. The smallest absolute Gasteiger partial charge is 0.128 e. The van der Waals surface area contributed by atoms with E-state index in [-0.39, 0.29) is 0 Å². The fraction of sp³-hybridized carbons (Fsp3) is 0.176. The monoisotopic (exact) mass is 312 g/mol. The zero-order chi connectivity index (χ0) is 15.4. The number of benzene rings is 1. The molecule has 0 radical (unpaired) electrons. The summed E-state index contributed by atoms with van der Waals surface area (Å²) < 4.78 is 11.1. The molecule has 0 aliphatic rings. The highest BCUT2D eigenvalue weighted by Crippen LogP contribution is 2.25. The van der Waals surface area contributed by atoms with Crippen LogP contribution in [0.15, 0.2) is 48.1 Å². The van der Waals surface area contributed by atoms with Crippen LogP contribution in [0.2, 0.25) is 0 Å². The SMILES string of the molecule is COc1ccncc1COc1ccc(-c2csc(C)n2)cc1. The number of hydrogen-bond acceptors (Lipinski definition) is 5. The summed E-state index contributed by atoms with van der Waals surface area (Å²) in [5, 5.41) is 3.13. The van der Waals surface area contributed by atoms with Crippen molar-refractivity contribution in [3.63, 3.8) is 0 Å². The lowest BCUT2D eigenvalue weighted by Crippen LogP contribution is -1.99. The van der Waals surface area contributed by atoms with Gasteiger partial charge >= 0.3 is 0 Å². The molecule has 4 nitrogen and oxygen atoms in total. The number of methoxy groups -OCH3 is 1. The van der Waals surface area contributed by atoms with E-state index in [1.807, 2.05) is 37.3 Å². The van der Waals surface area contributed by atoms with Crippen LogP contribution in [0.25, 0.3) is 11.3 Å². The molecule has 2 heterocycles. The number of hydrogen-bond donors (Lipinski definition) is 0. The molecule has 0 amide bonds. The summed E-state index contributed by atoms with van der Waals surface area (Å²) in [7, 11) is 1.64. The molecule has 0 aliphatic carbocycles. The zero-order valence-corrected chi connectivity index (χ0v) is 13.3. The Labute approximate surface area is 133 Å². The second kappa shape index (κ2) is 6.58. The van der Waals surface area contributed by atoms with Crippen LogP contribution in [0.1, 0.15) is 10.6 Å². The molecule has 2 aromatic heterocycles. The number of nitrogens with zero attached hydrogens (tertiary/aromatic N) is 2. The molecule has 0 atom stereocenters. The van der Waals surface area contributed by atoms with Gasteiger partial charge in [0.05, 0.1) is 17.8 Å². The Balaban J connectivity index is 1.69. The van der Waals surface area contributed by atoms with Gasteiger partial charge in [-0.1, -0.05) is 0 Å². The van der Waals surface area contributed by atoms with E-state index in [0.29, 0.717) is 6.61 Å². The number of ether oxygens (including phenoxy) is 2. The molecular weight excluding hydrogens is 296 g/mol. The summed E-state index contributed by atoms with van der Waals surface area (Å²) >= 11 is 1.65. The molecule has 3 aromatic rings. The number of rotatable bonds is 5. The van der Waals surface area contributed by atoms with E-state index in [1.54, 1.807) is 30.8 Å². The summed E-state index contributed by atoms with van der Waals surface area (Å²) in [5.41, 5.74) is 3.02. The fourth-order valence-corrected chi connectivity index (χ4v) is 2.72. The molecule has 0 aliphatic heterocycles. The number of aromatic nitrogens is 2. The van der Waals surface area contributed by atoms with Crippen LogP contribution in [0, 0.1) is 6.92 Å². The maximum Gasteiger partial charge on any atom is 0.128 e. The Hall–Kier alpha value is -2.40.